The molecule has 0 radical (unpaired) electrons. The second-order valence-electron chi connectivity index (χ2n) is 3.68. The van der Waals surface area contributed by atoms with E-state index in [1.54, 1.807) is 30.3 Å². The van der Waals surface area contributed by atoms with Gasteiger partial charge in [0, 0.05) is 10.6 Å². The predicted octanol–water partition coefficient (Wildman–Crippen LogP) is 5.46. The molecule has 0 aliphatic rings. The molecule has 2 aromatic rings. The van der Waals surface area contributed by atoms with E-state index in [2.05, 4.69) is 0 Å². The van der Waals surface area contributed by atoms with Gasteiger partial charge in [0.05, 0.1) is 21.7 Å². The summed E-state index contributed by atoms with van der Waals surface area (Å²) in [4.78, 5) is 0. The molecule has 0 spiro atoms. The van der Waals surface area contributed by atoms with Crippen LogP contribution in [0.1, 0.15) is 5.56 Å². The molecule has 0 saturated carbocycles. The highest BCUT2D eigenvalue weighted by Crippen LogP contribution is 2.39. The van der Waals surface area contributed by atoms with Crippen LogP contribution < -0.4 is 0 Å². The van der Waals surface area contributed by atoms with Crippen molar-refractivity contribution >= 4 is 46.4 Å². The van der Waals surface area contributed by atoms with Crippen LogP contribution in [0.25, 0.3) is 11.1 Å². The van der Waals surface area contributed by atoms with Crippen LogP contribution in [0.4, 0.5) is 0 Å². The normalized spacial score (nSPS) is 10.7. The van der Waals surface area contributed by atoms with Gasteiger partial charge in [-0.3, -0.25) is 0 Å². The first-order valence-corrected chi connectivity index (χ1v) is 6.59. The molecule has 0 atom stereocenters. The maximum atomic E-state index is 9.34. The van der Waals surface area contributed by atoms with Gasteiger partial charge >= 0.3 is 0 Å². The predicted molar refractivity (Wildman–Crippen MR) is 77.8 cm³/mol. The third-order valence-electron chi connectivity index (χ3n) is 2.57. The number of hydrogen-bond donors (Lipinski definition) is 1. The highest BCUT2D eigenvalue weighted by Gasteiger charge is 2.13. The lowest BCUT2D eigenvalue weighted by molar-refractivity contribution is 0.282. The number of benzene rings is 2. The van der Waals surface area contributed by atoms with Crippen molar-refractivity contribution in [1.82, 2.24) is 0 Å². The maximum absolute atomic E-state index is 9.34. The molecule has 0 amide bonds. The molecule has 0 bridgehead atoms. The lowest BCUT2D eigenvalue weighted by Gasteiger charge is -2.11. The Hall–Kier alpha value is -0.440. The molecule has 0 unspecified atom stereocenters. The van der Waals surface area contributed by atoms with Crippen LogP contribution in [0.3, 0.4) is 0 Å². The summed E-state index contributed by atoms with van der Waals surface area (Å²) >= 11 is 24.0. The molecule has 18 heavy (non-hydrogen) atoms. The lowest BCUT2D eigenvalue weighted by atomic mass is 10.00. The molecule has 0 heterocycles. The van der Waals surface area contributed by atoms with Crippen LogP contribution in [0, 0.1) is 0 Å². The average molecular weight is 322 g/mol. The van der Waals surface area contributed by atoms with E-state index in [4.69, 9.17) is 46.4 Å². The van der Waals surface area contributed by atoms with Crippen LogP contribution >= 0.6 is 46.4 Å². The van der Waals surface area contributed by atoms with Gasteiger partial charge in [-0.25, -0.2) is 0 Å². The summed E-state index contributed by atoms with van der Waals surface area (Å²) in [5.41, 5.74) is 2.16. The van der Waals surface area contributed by atoms with Gasteiger partial charge in [0.25, 0.3) is 0 Å². The van der Waals surface area contributed by atoms with Crippen molar-refractivity contribution < 1.29 is 5.11 Å². The second-order valence-corrected chi connectivity index (χ2v) is 5.28. The highest BCUT2D eigenvalue weighted by atomic mass is 35.5. The average Bonchev–Trinajstić information content (AvgIpc) is 2.36. The first kappa shape index (κ1) is 14.0. The quantitative estimate of drug-likeness (QED) is 0.728. The molecule has 0 aliphatic heterocycles. The molecular weight excluding hydrogens is 314 g/mol. The minimum absolute atomic E-state index is 0.108. The summed E-state index contributed by atoms with van der Waals surface area (Å²) < 4.78 is 0. The molecule has 2 rings (SSSR count). The Morgan fingerprint density at radius 1 is 0.833 bits per heavy atom. The van der Waals surface area contributed by atoms with Gasteiger partial charge in [-0.15, -0.1) is 0 Å². The van der Waals surface area contributed by atoms with Crippen molar-refractivity contribution in [3.05, 3.63) is 56.0 Å². The Balaban J connectivity index is 2.69. The Bertz CT molecular complexity index is 596. The molecule has 0 fully saturated rings. The number of rotatable bonds is 2. The van der Waals surface area contributed by atoms with Crippen molar-refractivity contribution in [3.8, 4) is 11.1 Å². The van der Waals surface area contributed by atoms with E-state index in [0.717, 1.165) is 11.1 Å². The van der Waals surface area contributed by atoms with Crippen LogP contribution in [-0.4, -0.2) is 5.11 Å². The monoisotopic (exact) mass is 320 g/mol. The molecule has 0 aromatic heterocycles. The zero-order valence-electron chi connectivity index (χ0n) is 9.05. The zero-order chi connectivity index (χ0) is 13.3. The number of aliphatic hydroxyl groups is 1. The molecule has 1 nitrogen and oxygen atoms in total. The summed E-state index contributed by atoms with van der Waals surface area (Å²) in [7, 11) is 0. The number of hydrogen-bond acceptors (Lipinski definition) is 1. The van der Waals surface area contributed by atoms with Gasteiger partial charge in [0.1, 0.15) is 0 Å². The van der Waals surface area contributed by atoms with Crippen molar-refractivity contribution in [3.63, 3.8) is 0 Å². The molecule has 0 aliphatic carbocycles. The van der Waals surface area contributed by atoms with E-state index in [0.29, 0.717) is 25.7 Å². The SMILES string of the molecule is OCc1ccc(Cl)cc1-c1ccc(Cl)c(Cl)c1Cl. The van der Waals surface area contributed by atoms with Gasteiger partial charge in [0.2, 0.25) is 0 Å². The van der Waals surface area contributed by atoms with Crippen LogP contribution in [0.5, 0.6) is 0 Å². The molecule has 2 aromatic carbocycles. The van der Waals surface area contributed by atoms with Crippen LogP contribution in [0.15, 0.2) is 30.3 Å². The molecule has 5 heteroatoms. The molecule has 94 valence electrons. The van der Waals surface area contributed by atoms with E-state index in [1.807, 2.05) is 0 Å². The largest absolute Gasteiger partial charge is 0.392 e. The molecular formula is C13H8Cl4O. The fraction of sp³-hybridized carbons (Fsp3) is 0.0769. The second kappa shape index (κ2) is 5.68. The van der Waals surface area contributed by atoms with Gasteiger partial charge in [0.15, 0.2) is 0 Å². The summed E-state index contributed by atoms with van der Waals surface area (Å²) in [5, 5.41) is 10.9. The molecule has 1 N–H and O–H groups in total. The van der Waals surface area contributed by atoms with E-state index in [1.165, 1.54) is 0 Å². The zero-order valence-corrected chi connectivity index (χ0v) is 12.1. The summed E-state index contributed by atoms with van der Waals surface area (Å²) in [6.07, 6.45) is 0. The topological polar surface area (TPSA) is 20.2 Å². The van der Waals surface area contributed by atoms with Crippen LogP contribution in [-0.2, 0) is 6.61 Å². The lowest BCUT2D eigenvalue weighted by Crippen LogP contribution is -1.91. The highest BCUT2D eigenvalue weighted by molar-refractivity contribution is 6.49. The smallest absolute Gasteiger partial charge is 0.0784 e. The van der Waals surface area contributed by atoms with Crippen LogP contribution in [0.2, 0.25) is 20.1 Å². The van der Waals surface area contributed by atoms with Gasteiger partial charge in [-0.2, -0.15) is 0 Å². The third-order valence-corrected chi connectivity index (χ3v) is 4.10. The van der Waals surface area contributed by atoms with Gasteiger partial charge in [-0.1, -0.05) is 58.5 Å². The van der Waals surface area contributed by atoms with Gasteiger partial charge < -0.3 is 5.11 Å². The standard InChI is InChI=1S/C13H8Cl4O/c14-8-2-1-7(6-18)10(5-8)9-3-4-11(15)13(17)12(9)16/h1-5,18H,6H2. The Labute approximate surface area is 125 Å². The van der Waals surface area contributed by atoms with Crippen molar-refractivity contribution in [2.24, 2.45) is 0 Å². The van der Waals surface area contributed by atoms with E-state index in [-0.39, 0.29) is 6.61 Å². The fourth-order valence-electron chi connectivity index (χ4n) is 1.67. The Morgan fingerprint density at radius 2 is 1.56 bits per heavy atom. The van der Waals surface area contributed by atoms with E-state index in [9.17, 15) is 5.11 Å². The van der Waals surface area contributed by atoms with Gasteiger partial charge in [-0.05, 0) is 29.3 Å². The summed E-state index contributed by atoms with van der Waals surface area (Å²) in [6.45, 7) is -0.108. The first-order valence-electron chi connectivity index (χ1n) is 5.07. The van der Waals surface area contributed by atoms with Crippen molar-refractivity contribution in [2.75, 3.05) is 0 Å². The molecule has 0 saturated heterocycles. The minimum atomic E-state index is -0.108. The first-order chi connectivity index (χ1) is 8.54. The Kier molecular flexibility index (Phi) is 4.41. The van der Waals surface area contributed by atoms with Crippen molar-refractivity contribution in [2.45, 2.75) is 6.61 Å². The van der Waals surface area contributed by atoms with E-state index < -0.39 is 0 Å². The summed E-state index contributed by atoms with van der Waals surface area (Å²) in [5.74, 6) is 0. The number of aliphatic hydroxyl groups excluding tert-OH is 1. The minimum Gasteiger partial charge on any atom is -0.392 e. The summed E-state index contributed by atoms with van der Waals surface area (Å²) in [6, 6.07) is 8.60. The maximum Gasteiger partial charge on any atom is 0.0784 e. The number of halogens is 4. The third kappa shape index (κ3) is 2.61. The van der Waals surface area contributed by atoms with E-state index >= 15 is 0 Å². The fourth-order valence-corrected chi connectivity index (χ4v) is 2.48. The Morgan fingerprint density at radius 3 is 2.22 bits per heavy atom. The van der Waals surface area contributed by atoms with Crippen molar-refractivity contribution in [1.29, 1.82) is 0 Å².